The van der Waals surface area contributed by atoms with Crippen LogP contribution in [0.5, 0.6) is 11.5 Å². The fourth-order valence-electron chi connectivity index (χ4n) is 7.47. The van der Waals surface area contributed by atoms with E-state index in [4.69, 9.17) is 10.5 Å². The number of benzene rings is 3. The first kappa shape index (κ1) is 46.7. The van der Waals surface area contributed by atoms with Crippen molar-refractivity contribution in [2.75, 3.05) is 13.1 Å². The van der Waals surface area contributed by atoms with Crippen LogP contribution < -0.4 is 21.7 Å². The topological polar surface area (TPSA) is 322 Å². The lowest BCUT2D eigenvalue weighted by atomic mass is 9.96. The number of nitrogens with two attached hydrogens (primary N) is 1. The molecule has 2 fully saturated rings. The fraction of sp³-hybridized carbons (Fsp3) is 0.429. The summed E-state index contributed by atoms with van der Waals surface area (Å²) in [6.07, 6.45) is -10.0. The quantitative estimate of drug-likeness (QED) is 0.0745. The highest BCUT2D eigenvalue weighted by Crippen LogP contribution is 2.27. The van der Waals surface area contributed by atoms with E-state index in [1.165, 1.54) is 48.5 Å². The van der Waals surface area contributed by atoms with Gasteiger partial charge in [-0.3, -0.25) is 24.0 Å². The molecule has 0 bridgehead atoms. The molecule has 2 aliphatic rings. The number of aliphatic hydroxyl groups is 5. The number of amides is 6. The van der Waals surface area contributed by atoms with Crippen molar-refractivity contribution >= 4 is 35.6 Å². The Labute approximate surface area is 355 Å². The van der Waals surface area contributed by atoms with Gasteiger partial charge < -0.3 is 72.0 Å². The van der Waals surface area contributed by atoms with E-state index in [9.17, 15) is 64.5 Å². The molecule has 3 aromatic carbocycles. The maximum atomic E-state index is 14.3. The van der Waals surface area contributed by atoms with Gasteiger partial charge in [0.25, 0.3) is 0 Å². The zero-order chi connectivity index (χ0) is 45.4. The minimum absolute atomic E-state index is 0.0229. The molecule has 3 aromatic rings. The maximum absolute atomic E-state index is 14.3. The monoisotopic (exact) mass is 864 g/mol. The molecule has 2 heterocycles. The number of alkyl carbamates (subject to hydrolysis) is 1. The number of aliphatic hydroxyl groups excluding tert-OH is 5. The number of carbonyl (C=O) groups is 6. The van der Waals surface area contributed by atoms with Crippen LogP contribution >= 0.6 is 0 Å². The third kappa shape index (κ3) is 11.3. The number of likely N-dealkylation sites (tertiary alicyclic amines) is 2. The number of primary amides is 1. The lowest BCUT2D eigenvalue weighted by molar-refractivity contribution is -0.146. The van der Waals surface area contributed by atoms with E-state index < -0.39 is 109 Å². The Morgan fingerprint density at radius 1 is 0.774 bits per heavy atom. The molecule has 334 valence electrons. The average molecular weight is 865 g/mol. The standard InChI is InChI=1S/C42H52N6O14/c1-21-18-48(33(34(21)53)37(43)56)41(60)31(22(2)49)45-39(58)32(36(55)35(54)25-10-14-27(51)15-11-25)46-38(57)30-17-28(52)19-47(30)40(59)29(16-23-8-12-26(50)13-9-23)44-42(61)62-20-24-6-4-3-5-7-24/h3-15,21-22,28-36,49-55H,16-20H2,1-2H3,(H2,43,56)(H,44,61)(H,45,58)(H,46,57). The van der Waals surface area contributed by atoms with Crippen molar-refractivity contribution in [3.63, 3.8) is 0 Å². The molecule has 12 N–H and O–H groups in total. The summed E-state index contributed by atoms with van der Waals surface area (Å²) in [4.78, 5) is 83.6. The van der Waals surface area contributed by atoms with Crippen molar-refractivity contribution in [3.05, 3.63) is 95.6 Å². The summed E-state index contributed by atoms with van der Waals surface area (Å²) in [7, 11) is 0. The van der Waals surface area contributed by atoms with Gasteiger partial charge in [-0.15, -0.1) is 0 Å². The van der Waals surface area contributed by atoms with E-state index >= 15 is 0 Å². The minimum atomic E-state index is -2.21. The Hall–Kier alpha value is -6.32. The van der Waals surface area contributed by atoms with Crippen LogP contribution in [0.15, 0.2) is 78.9 Å². The Kier molecular flexibility index (Phi) is 15.5. The van der Waals surface area contributed by atoms with Crippen molar-refractivity contribution in [2.45, 2.75) is 94.0 Å². The van der Waals surface area contributed by atoms with E-state index in [-0.39, 0.29) is 43.1 Å². The van der Waals surface area contributed by atoms with Gasteiger partial charge in [-0.05, 0) is 47.9 Å². The van der Waals surface area contributed by atoms with Gasteiger partial charge in [0.15, 0.2) is 0 Å². The summed E-state index contributed by atoms with van der Waals surface area (Å²) < 4.78 is 5.34. The fourth-order valence-corrected chi connectivity index (χ4v) is 7.47. The van der Waals surface area contributed by atoms with Gasteiger partial charge in [-0.1, -0.05) is 61.5 Å². The molecule has 20 nitrogen and oxygen atoms in total. The molecule has 11 unspecified atom stereocenters. The third-order valence-corrected chi connectivity index (χ3v) is 10.9. The SMILES string of the molecule is CC(O)C(NC(=O)C(NC(=O)C1CC(O)CN1C(=O)C(Cc1ccc(O)cc1)NC(=O)OCc1ccccc1)C(O)C(O)c1ccc(O)cc1)C(=O)N1CC(C)C(O)C1C(N)=O. The van der Waals surface area contributed by atoms with Crippen LogP contribution in [0.1, 0.15) is 43.1 Å². The van der Waals surface area contributed by atoms with Crippen LogP contribution in [0.25, 0.3) is 0 Å². The number of rotatable bonds is 16. The summed E-state index contributed by atoms with van der Waals surface area (Å²) in [5.41, 5.74) is 6.59. The van der Waals surface area contributed by atoms with E-state index in [1.54, 1.807) is 37.3 Å². The zero-order valence-electron chi connectivity index (χ0n) is 33.9. The molecule has 5 rings (SSSR count). The van der Waals surface area contributed by atoms with E-state index in [2.05, 4.69) is 16.0 Å². The Balaban J connectivity index is 1.41. The normalized spacial score (nSPS) is 22.7. The van der Waals surface area contributed by atoms with Crippen LogP contribution in [0.3, 0.4) is 0 Å². The van der Waals surface area contributed by atoms with Crippen LogP contribution in [-0.4, -0.2) is 149 Å². The number of aromatic hydroxyl groups is 2. The molecule has 2 aliphatic heterocycles. The number of nitrogens with zero attached hydrogens (tertiary/aromatic N) is 2. The molecule has 0 radical (unpaired) electrons. The van der Waals surface area contributed by atoms with Crippen LogP contribution in [-0.2, 0) is 41.7 Å². The number of ether oxygens (including phenoxy) is 1. The summed E-state index contributed by atoms with van der Waals surface area (Å²) in [5, 5.41) is 81.5. The zero-order valence-corrected chi connectivity index (χ0v) is 33.9. The number of β-amino-alcohol motifs (C(OH)–C–C–N with tert-alkyl or cyclic N) is 1. The summed E-state index contributed by atoms with van der Waals surface area (Å²) in [6.45, 7) is 1.94. The van der Waals surface area contributed by atoms with E-state index in [0.29, 0.717) is 11.1 Å². The second-order valence-corrected chi connectivity index (χ2v) is 15.6. The predicted octanol–water partition coefficient (Wildman–Crippen LogP) is -1.96. The van der Waals surface area contributed by atoms with Gasteiger partial charge in [0, 0.05) is 31.8 Å². The van der Waals surface area contributed by atoms with Gasteiger partial charge in [-0.2, -0.15) is 0 Å². The molecule has 0 spiro atoms. The number of phenolic OH excluding ortho intramolecular Hbond substituents is 2. The first-order chi connectivity index (χ1) is 29.4. The minimum Gasteiger partial charge on any atom is -0.508 e. The first-order valence-corrected chi connectivity index (χ1v) is 19.8. The Morgan fingerprint density at radius 3 is 1.98 bits per heavy atom. The summed E-state index contributed by atoms with van der Waals surface area (Å²) >= 11 is 0. The lowest BCUT2D eigenvalue weighted by Crippen LogP contribution is -2.63. The average Bonchev–Trinajstić information content (AvgIpc) is 3.79. The molecule has 62 heavy (non-hydrogen) atoms. The number of hydrogen-bond acceptors (Lipinski definition) is 14. The molecular weight excluding hydrogens is 812 g/mol. The van der Waals surface area contributed by atoms with Gasteiger partial charge in [-0.25, -0.2) is 4.79 Å². The number of nitrogens with one attached hydrogen (secondary N) is 3. The van der Waals surface area contributed by atoms with Gasteiger partial charge in [0.2, 0.25) is 29.5 Å². The predicted molar refractivity (Wildman–Crippen MR) is 216 cm³/mol. The van der Waals surface area contributed by atoms with Crippen molar-refractivity contribution in [1.29, 1.82) is 0 Å². The van der Waals surface area contributed by atoms with E-state index in [0.717, 1.165) is 16.7 Å². The van der Waals surface area contributed by atoms with Crippen molar-refractivity contribution in [1.82, 2.24) is 25.8 Å². The van der Waals surface area contributed by atoms with Crippen molar-refractivity contribution in [2.24, 2.45) is 11.7 Å². The second-order valence-electron chi connectivity index (χ2n) is 15.6. The molecule has 0 saturated carbocycles. The van der Waals surface area contributed by atoms with Crippen molar-refractivity contribution < 1.29 is 69.2 Å². The molecule has 20 heteroatoms. The highest BCUT2D eigenvalue weighted by molar-refractivity contribution is 5.97. The smallest absolute Gasteiger partial charge is 0.408 e. The second kappa shape index (κ2) is 20.5. The highest BCUT2D eigenvalue weighted by Gasteiger charge is 2.48. The number of phenols is 2. The highest BCUT2D eigenvalue weighted by atomic mass is 16.5. The Morgan fingerprint density at radius 2 is 1.39 bits per heavy atom. The molecule has 2 saturated heterocycles. The number of hydrogen-bond donors (Lipinski definition) is 11. The van der Waals surface area contributed by atoms with Gasteiger partial charge >= 0.3 is 6.09 Å². The summed E-state index contributed by atoms with van der Waals surface area (Å²) in [6, 6.07) is 10.8. The van der Waals surface area contributed by atoms with Crippen molar-refractivity contribution in [3.8, 4) is 11.5 Å². The third-order valence-electron chi connectivity index (χ3n) is 10.9. The molecule has 0 aliphatic carbocycles. The van der Waals surface area contributed by atoms with Gasteiger partial charge in [0.05, 0.1) is 18.3 Å². The summed E-state index contributed by atoms with van der Waals surface area (Å²) in [5.74, 6) is -6.27. The largest absolute Gasteiger partial charge is 0.508 e. The van der Waals surface area contributed by atoms with Crippen LogP contribution in [0.4, 0.5) is 4.79 Å². The van der Waals surface area contributed by atoms with E-state index in [1.807, 2.05) is 0 Å². The first-order valence-electron chi connectivity index (χ1n) is 19.8. The van der Waals surface area contributed by atoms with Crippen LogP contribution in [0, 0.1) is 5.92 Å². The lowest BCUT2D eigenvalue weighted by Gasteiger charge is -2.33. The maximum Gasteiger partial charge on any atom is 0.408 e. The number of carbonyl (C=O) groups excluding carboxylic acids is 6. The molecule has 11 atom stereocenters. The molecule has 6 amide bonds. The molecule has 0 aromatic heterocycles. The van der Waals surface area contributed by atoms with Crippen LogP contribution in [0.2, 0.25) is 0 Å². The molecular formula is C42H52N6O14. The Bertz CT molecular complexity index is 2060. The van der Waals surface area contributed by atoms with Gasteiger partial charge in [0.1, 0.15) is 60.5 Å².